The summed E-state index contributed by atoms with van der Waals surface area (Å²) in [5.41, 5.74) is 3.80. The summed E-state index contributed by atoms with van der Waals surface area (Å²) in [5.74, 6) is -0.155. The van der Waals surface area contributed by atoms with Crippen LogP contribution in [0.5, 0.6) is 0 Å². The van der Waals surface area contributed by atoms with Crippen LogP contribution in [0.3, 0.4) is 0 Å². The van der Waals surface area contributed by atoms with Gasteiger partial charge in [0.1, 0.15) is 4.88 Å². The molecule has 5 aromatic rings. The molecule has 1 saturated carbocycles. The molecule has 5 nitrogen and oxygen atoms in total. The van der Waals surface area contributed by atoms with Gasteiger partial charge in [-0.1, -0.05) is 59.6 Å². The van der Waals surface area contributed by atoms with Gasteiger partial charge in [0.25, 0.3) is 11.8 Å². The quantitative estimate of drug-likeness (QED) is 0.200. The van der Waals surface area contributed by atoms with Crippen molar-refractivity contribution in [3.63, 3.8) is 0 Å². The van der Waals surface area contributed by atoms with Crippen molar-refractivity contribution in [2.24, 2.45) is 0 Å². The maximum Gasteiger partial charge on any atom is 0.266 e. The number of pyridine rings is 1. The number of fused-ring (bicyclic) bond motifs is 1. The summed E-state index contributed by atoms with van der Waals surface area (Å²) < 4.78 is 0.999. The molecule has 0 radical (unpaired) electrons. The number of hydrogen-bond acceptors (Lipinski definition) is 4. The monoisotopic (exact) mass is 613 g/mol. The van der Waals surface area contributed by atoms with E-state index in [4.69, 9.17) is 23.2 Å². The lowest BCUT2D eigenvalue weighted by Gasteiger charge is -2.37. The zero-order valence-electron chi connectivity index (χ0n) is 22.8. The number of halogens is 2. The Bertz CT molecular complexity index is 1710. The molecule has 1 aliphatic carbocycles. The van der Waals surface area contributed by atoms with E-state index in [1.54, 1.807) is 36.7 Å². The fraction of sp³-hybridized carbons (Fsp3) is 0.206. The molecule has 6 rings (SSSR count). The Hall–Kier alpha value is -3.71. The summed E-state index contributed by atoms with van der Waals surface area (Å²) in [6, 6.07) is 27.1. The number of thiophene rings is 1. The molecular formula is C34H29Cl2N3O2S. The number of hydrogen-bond donors (Lipinski definition) is 1. The third kappa shape index (κ3) is 6.21. The highest BCUT2D eigenvalue weighted by molar-refractivity contribution is 7.21. The van der Waals surface area contributed by atoms with Gasteiger partial charge in [-0.3, -0.25) is 14.6 Å². The Kier molecular flexibility index (Phi) is 8.56. The maximum atomic E-state index is 14.2. The molecule has 0 atom stereocenters. The van der Waals surface area contributed by atoms with Crippen LogP contribution < -0.4 is 5.32 Å². The van der Waals surface area contributed by atoms with Crippen LogP contribution in [0, 0.1) is 0 Å². The van der Waals surface area contributed by atoms with Crippen molar-refractivity contribution in [2.45, 2.75) is 44.3 Å². The van der Waals surface area contributed by atoms with Crippen LogP contribution in [-0.2, 0) is 6.54 Å². The molecule has 1 aliphatic rings. The first-order valence-corrected chi connectivity index (χ1v) is 15.6. The average Bonchev–Trinajstić information content (AvgIpc) is 3.37. The second kappa shape index (κ2) is 12.7. The molecule has 8 heteroatoms. The van der Waals surface area contributed by atoms with E-state index in [1.807, 2.05) is 47.4 Å². The Morgan fingerprint density at radius 3 is 2.33 bits per heavy atom. The van der Waals surface area contributed by atoms with Crippen molar-refractivity contribution >= 4 is 56.4 Å². The van der Waals surface area contributed by atoms with Gasteiger partial charge in [0, 0.05) is 51.7 Å². The first-order valence-electron chi connectivity index (χ1n) is 14.0. The number of aromatic nitrogens is 1. The highest BCUT2D eigenvalue weighted by atomic mass is 35.5. The van der Waals surface area contributed by atoms with E-state index in [0.717, 1.165) is 52.5 Å². The minimum atomic E-state index is -0.104. The van der Waals surface area contributed by atoms with Crippen LogP contribution in [0.25, 0.3) is 21.2 Å². The number of nitrogens with zero attached hydrogens (tertiary/aromatic N) is 2. The molecule has 42 heavy (non-hydrogen) atoms. The second-order valence-corrected chi connectivity index (χ2v) is 12.5. The molecule has 0 saturated heterocycles. The normalized spacial score (nSPS) is 16.7. The molecule has 0 spiro atoms. The minimum Gasteiger partial charge on any atom is -0.349 e. The molecule has 2 heterocycles. The van der Waals surface area contributed by atoms with Crippen LogP contribution in [0.15, 0.2) is 97.3 Å². The average molecular weight is 615 g/mol. The van der Waals surface area contributed by atoms with Gasteiger partial charge in [-0.15, -0.1) is 11.3 Å². The Morgan fingerprint density at radius 1 is 0.857 bits per heavy atom. The number of benzene rings is 3. The largest absolute Gasteiger partial charge is 0.349 e. The molecule has 212 valence electrons. The summed E-state index contributed by atoms with van der Waals surface area (Å²) in [6.07, 6.45) is 6.70. The zero-order valence-corrected chi connectivity index (χ0v) is 25.1. The lowest BCUT2D eigenvalue weighted by molar-refractivity contribution is 0.0597. The fourth-order valence-electron chi connectivity index (χ4n) is 5.64. The number of nitrogens with one attached hydrogen (secondary N) is 1. The molecule has 0 aliphatic heterocycles. The van der Waals surface area contributed by atoms with Gasteiger partial charge in [-0.05, 0) is 90.9 Å². The number of carbonyl (C=O) groups excluding carboxylic acids is 2. The van der Waals surface area contributed by atoms with Gasteiger partial charge < -0.3 is 10.2 Å². The maximum absolute atomic E-state index is 14.2. The van der Waals surface area contributed by atoms with Crippen molar-refractivity contribution in [3.8, 4) is 11.1 Å². The van der Waals surface area contributed by atoms with Gasteiger partial charge in [-0.25, -0.2) is 0 Å². The topological polar surface area (TPSA) is 62.3 Å². The van der Waals surface area contributed by atoms with Crippen molar-refractivity contribution < 1.29 is 9.59 Å². The summed E-state index contributed by atoms with van der Waals surface area (Å²) in [7, 11) is 0. The summed E-state index contributed by atoms with van der Waals surface area (Å²) >= 11 is 14.2. The highest BCUT2D eigenvalue weighted by Gasteiger charge is 2.32. The standard InChI is InChI=1S/C34H29Cl2N3O2S/c35-26-10-8-24(9-11-26)33(40)38-27-12-14-28(15-13-27)39(34(41)32-31(36)29-6-1-2-7-30(29)42-32)21-22-4-3-5-25(20-22)23-16-18-37-19-17-23/h1-11,16-20,27-28H,12-15,21H2,(H,38,40). The van der Waals surface area contributed by atoms with E-state index >= 15 is 0 Å². The smallest absolute Gasteiger partial charge is 0.266 e. The predicted octanol–water partition coefficient (Wildman–Crippen LogP) is 8.65. The summed E-state index contributed by atoms with van der Waals surface area (Å²) in [5, 5.41) is 5.18. The van der Waals surface area contributed by atoms with Crippen molar-refractivity contribution in [3.05, 3.63) is 123 Å². The van der Waals surface area contributed by atoms with E-state index in [0.29, 0.717) is 27.0 Å². The molecule has 2 aromatic heterocycles. The molecule has 0 unspecified atom stereocenters. The van der Waals surface area contributed by atoms with Gasteiger partial charge in [0.2, 0.25) is 0 Å². The third-order valence-electron chi connectivity index (χ3n) is 7.86. The number of amides is 2. The summed E-state index contributed by atoms with van der Waals surface area (Å²) in [4.78, 5) is 33.7. The van der Waals surface area contributed by atoms with Crippen LogP contribution in [0.4, 0.5) is 0 Å². The van der Waals surface area contributed by atoms with E-state index in [-0.39, 0.29) is 23.9 Å². The van der Waals surface area contributed by atoms with Crippen LogP contribution in [0.1, 0.15) is 51.3 Å². The zero-order chi connectivity index (χ0) is 29.1. The Labute approximate surface area is 259 Å². The minimum absolute atomic E-state index is 0.0204. The van der Waals surface area contributed by atoms with Crippen LogP contribution >= 0.6 is 34.5 Å². The molecule has 1 N–H and O–H groups in total. The van der Waals surface area contributed by atoms with Crippen molar-refractivity contribution in [1.29, 1.82) is 0 Å². The van der Waals surface area contributed by atoms with Crippen LogP contribution in [0.2, 0.25) is 10.0 Å². The number of rotatable bonds is 7. The molecule has 3 aromatic carbocycles. The van der Waals surface area contributed by atoms with Gasteiger partial charge in [-0.2, -0.15) is 0 Å². The lowest BCUT2D eigenvalue weighted by atomic mass is 9.89. The molecule has 2 amide bonds. The lowest BCUT2D eigenvalue weighted by Crippen LogP contribution is -2.45. The fourth-order valence-corrected chi connectivity index (χ4v) is 7.23. The third-order valence-corrected chi connectivity index (χ3v) is 9.78. The van der Waals surface area contributed by atoms with E-state index < -0.39 is 0 Å². The Balaban J connectivity index is 1.23. The van der Waals surface area contributed by atoms with Gasteiger partial charge >= 0.3 is 0 Å². The first kappa shape index (κ1) is 28.4. The molecule has 1 fully saturated rings. The van der Waals surface area contributed by atoms with Crippen molar-refractivity contribution in [1.82, 2.24) is 15.2 Å². The van der Waals surface area contributed by atoms with Crippen LogP contribution in [-0.4, -0.2) is 33.8 Å². The predicted molar refractivity (Wildman–Crippen MR) is 171 cm³/mol. The van der Waals surface area contributed by atoms with E-state index in [1.165, 1.54) is 11.3 Å². The van der Waals surface area contributed by atoms with Gasteiger partial charge in [0.15, 0.2) is 0 Å². The SMILES string of the molecule is O=C(NC1CCC(N(Cc2cccc(-c3ccncc3)c2)C(=O)c2sc3ccccc3c2Cl)CC1)c1ccc(Cl)cc1. The second-order valence-electron chi connectivity index (χ2n) is 10.6. The molecule has 0 bridgehead atoms. The Morgan fingerprint density at radius 2 is 1.60 bits per heavy atom. The number of carbonyl (C=O) groups is 2. The molecular weight excluding hydrogens is 585 g/mol. The van der Waals surface area contributed by atoms with Gasteiger partial charge in [0.05, 0.1) is 5.02 Å². The summed E-state index contributed by atoms with van der Waals surface area (Å²) in [6.45, 7) is 0.467. The first-order chi connectivity index (χ1) is 20.5. The van der Waals surface area contributed by atoms with E-state index in [2.05, 4.69) is 28.5 Å². The van der Waals surface area contributed by atoms with E-state index in [9.17, 15) is 9.59 Å². The highest BCUT2D eigenvalue weighted by Crippen LogP contribution is 2.37. The van der Waals surface area contributed by atoms with Crippen molar-refractivity contribution in [2.75, 3.05) is 0 Å².